The van der Waals surface area contributed by atoms with Crippen LogP contribution in [0.4, 0.5) is 0 Å². The molecule has 0 aromatic heterocycles. The highest BCUT2D eigenvalue weighted by molar-refractivity contribution is 14.1. The SMILES string of the molecule is C=Cc1ccc2c(c1-c1ccc(O)cc1Cl)C(=O)C(I)=CC2=O. The van der Waals surface area contributed by atoms with Crippen molar-refractivity contribution in [2.45, 2.75) is 0 Å². The summed E-state index contributed by atoms with van der Waals surface area (Å²) in [5.74, 6) is -0.403. The Labute approximate surface area is 151 Å². The van der Waals surface area contributed by atoms with Crippen molar-refractivity contribution >= 4 is 51.8 Å². The third-order valence-electron chi connectivity index (χ3n) is 3.65. The van der Waals surface area contributed by atoms with Crippen LogP contribution in [-0.4, -0.2) is 16.7 Å². The Morgan fingerprint density at radius 1 is 1.09 bits per heavy atom. The van der Waals surface area contributed by atoms with Crippen molar-refractivity contribution in [1.82, 2.24) is 0 Å². The maximum absolute atomic E-state index is 12.6. The van der Waals surface area contributed by atoms with Crippen LogP contribution in [0.25, 0.3) is 17.2 Å². The molecule has 1 aliphatic rings. The van der Waals surface area contributed by atoms with E-state index in [-0.39, 0.29) is 17.3 Å². The summed E-state index contributed by atoms with van der Waals surface area (Å²) in [6, 6.07) is 7.89. The molecular weight excluding hydrogens is 427 g/mol. The summed E-state index contributed by atoms with van der Waals surface area (Å²) in [4.78, 5) is 24.9. The Kier molecular flexibility index (Phi) is 4.12. The lowest BCUT2D eigenvalue weighted by molar-refractivity contribution is 0.0993. The van der Waals surface area contributed by atoms with Crippen molar-refractivity contribution in [3.05, 3.63) is 68.3 Å². The number of hydrogen-bond donors (Lipinski definition) is 1. The Hall–Kier alpha value is -1.92. The van der Waals surface area contributed by atoms with E-state index in [1.54, 1.807) is 24.3 Å². The monoisotopic (exact) mass is 436 g/mol. The lowest BCUT2D eigenvalue weighted by atomic mass is 9.84. The van der Waals surface area contributed by atoms with Crippen molar-refractivity contribution in [2.75, 3.05) is 0 Å². The zero-order chi connectivity index (χ0) is 16.7. The highest BCUT2D eigenvalue weighted by Gasteiger charge is 2.29. The normalized spacial score (nSPS) is 13.6. The van der Waals surface area contributed by atoms with E-state index in [0.717, 1.165) is 0 Å². The lowest BCUT2D eigenvalue weighted by Crippen LogP contribution is -2.16. The molecule has 0 heterocycles. The molecule has 3 nitrogen and oxygen atoms in total. The van der Waals surface area contributed by atoms with Crippen LogP contribution in [0.2, 0.25) is 5.02 Å². The van der Waals surface area contributed by atoms with Crippen LogP contribution in [0.3, 0.4) is 0 Å². The number of ketones is 2. The Morgan fingerprint density at radius 3 is 2.43 bits per heavy atom. The number of rotatable bonds is 2. The number of fused-ring (bicyclic) bond motifs is 1. The number of benzene rings is 2. The Morgan fingerprint density at radius 2 is 1.78 bits per heavy atom. The van der Waals surface area contributed by atoms with E-state index >= 15 is 0 Å². The molecule has 1 N–H and O–H groups in total. The number of carbonyl (C=O) groups is 2. The average Bonchev–Trinajstić information content (AvgIpc) is 2.51. The number of phenolic OH excluding ortho intramolecular Hbond substituents is 1. The minimum absolute atomic E-state index is 0.0283. The van der Waals surface area contributed by atoms with Gasteiger partial charge in [-0.05, 0) is 52.4 Å². The van der Waals surface area contributed by atoms with Crippen LogP contribution in [0.5, 0.6) is 5.75 Å². The van der Waals surface area contributed by atoms with Crippen LogP contribution >= 0.6 is 34.2 Å². The summed E-state index contributed by atoms with van der Waals surface area (Å²) in [6.45, 7) is 3.77. The van der Waals surface area contributed by atoms with Crippen LogP contribution in [0.15, 0.2) is 46.6 Å². The molecular formula is C18H10ClIO3. The lowest BCUT2D eigenvalue weighted by Gasteiger charge is -2.19. The van der Waals surface area contributed by atoms with Gasteiger partial charge in [-0.3, -0.25) is 9.59 Å². The highest BCUT2D eigenvalue weighted by atomic mass is 127. The molecule has 23 heavy (non-hydrogen) atoms. The van der Waals surface area contributed by atoms with Crippen LogP contribution in [-0.2, 0) is 0 Å². The van der Waals surface area contributed by atoms with Gasteiger partial charge in [-0.1, -0.05) is 30.3 Å². The minimum atomic E-state index is -0.219. The predicted molar refractivity (Wildman–Crippen MR) is 99.4 cm³/mol. The van der Waals surface area contributed by atoms with Crippen LogP contribution < -0.4 is 0 Å². The maximum Gasteiger partial charge on any atom is 0.200 e. The molecule has 0 saturated heterocycles. The first-order chi connectivity index (χ1) is 10.9. The van der Waals surface area contributed by atoms with Gasteiger partial charge in [0.05, 0.1) is 8.60 Å². The second kappa shape index (κ2) is 5.94. The fourth-order valence-corrected chi connectivity index (χ4v) is 3.43. The van der Waals surface area contributed by atoms with Crippen molar-refractivity contribution < 1.29 is 14.7 Å². The molecule has 0 fully saturated rings. The molecule has 0 atom stereocenters. The van der Waals surface area contributed by atoms with Gasteiger partial charge in [-0.2, -0.15) is 0 Å². The van der Waals surface area contributed by atoms with Gasteiger partial charge in [-0.25, -0.2) is 0 Å². The molecule has 0 aliphatic heterocycles. The standard InChI is InChI=1S/C18H10ClIO3/c1-2-9-3-5-12-15(22)8-14(20)18(23)17(12)16(9)11-6-4-10(21)7-13(11)19/h2-8,21H,1H2. The van der Waals surface area contributed by atoms with Crippen LogP contribution in [0, 0.1) is 0 Å². The molecule has 1 aliphatic carbocycles. The van der Waals surface area contributed by atoms with Crippen molar-refractivity contribution in [1.29, 1.82) is 0 Å². The summed E-state index contributed by atoms with van der Waals surface area (Å²) >= 11 is 8.11. The van der Waals surface area contributed by atoms with E-state index in [0.29, 0.717) is 36.4 Å². The average molecular weight is 437 g/mol. The van der Waals surface area contributed by atoms with E-state index in [1.807, 2.05) is 22.6 Å². The van der Waals surface area contributed by atoms with Gasteiger partial charge in [0.2, 0.25) is 5.78 Å². The third-order valence-corrected chi connectivity index (χ3v) is 4.76. The van der Waals surface area contributed by atoms with Gasteiger partial charge in [-0.15, -0.1) is 0 Å². The fraction of sp³-hybridized carbons (Fsp3) is 0. The smallest absolute Gasteiger partial charge is 0.200 e. The van der Waals surface area contributed by atoms with Gasteiger partial charge in [0.25, 0.3) is 0 Å². The molecule has 114 valence electrons. The van der Waals surface area contributed by atoms with Crippen molar-refractivity contribution in [3.63, 3.8) is 0 Å². The molecule has 5 heteroatoms. The van der Waals surface area contributed by atoms with Gasteiger partial charge < -0.3 is 5.11 Å². The van der Waals surface area contributed by atoms with Gasteiger partial charge in [0.1, 0.15) is 5.75 Å². The number of Topliss-reactive ketones (excluding diaryl/α,β-unsaturated/α-hetero) is 1. The number of halogens is 2. The Bertz CT molecular complexity index is 913. The number of allylic oxidation sites excluding steroid dienone is 2. The summed E-state index contributed by atoms with van der Waals surface area (Å²) in [7, 11) is 0. The first-order valence-electron chi connectivity index (χ1n) is 6.68. The first-order valence-corrected chi connectivity index (χ1v) is 8.14. The molecule has 2 aromatic rings. The fourth-order valence-electron chi connectivity index (χ4n) is 2.60. The summed E-state index contributed by atoms with van der Waals surface area (Å²) in [5.41, 5.74) is 2.50. The number of hydrogen-bond acceptors (Lipinski definition) is 3. The molecule has 2 aromatic carbocycles. The second-order valence-corrected chi connectivity index (χ2v) is 6.58. The topological polar surface area (TPSA) is 54.4 Å². The molecule has 0 bridgehead atoms. The van der Waals surface area contributed by atoms with E-state index in [9.17, 15) is 14.7 Å². The molecule has 0 amide bonds. The quantitative estimate of drug-likeness (QED) is 0.670. The van der Waals surface area contributed by atoms with Crippen molar-refractivity contribution in [3.8, 4) is 16.9 Å². The Balaban J connectivity index is 2.41. The summed E-state index contributed by atoms with van der Waals surface area (Å²) < 4.78 is 0.359. The second-order valence-electron chi connectivity index (χ2n) is 5.01. The number of carbonyl (C=O) groups excluding carboxylic acids is 2. The molecule has 0 radical (unpaired) electrons. The van der Waals surface area contributed by atoms with Gasteiger partial charge in [0, 0.05) is 28.3 Å². The molecule has 0 saturated carbocycles. The summed E-state index contributed by atoms with van der Waals surface area (Å²) in [5, 5.41) is 9.85. The molecule has 3 rings (SSSR count). The zero-order valence-electron chi connectivity index (χ0n) is 11.8. The number of phenols is 1. The third kappa shape index (κ3) is 2.62. The largest absolute Gasteiger partial charge is 0.508 e. The van der Waals surface area contributed by atoms with E-state index in [4.69, 9.17) is 11.6 Å². The van der Waals surface area contributed by atoms with Gasteiger partial charge >= 0.3 is 0 Å². The predicted octanol–water partition coefficient (Wildman–Crippen LogP) is 5.05. The summed E-state index contributed by atoms with van der Waals surface area (Å²) in [6.07, 6.45) is 2.95. The van der Waals surface area contributed by atoms with Crippen LogP contribution in [0.1, 0.15) is 26.3 Å². The zero-order valence-corrected chi connectivity index (χ0v) is 14.7. The number of aromatic hydroxyl groups is 1. The van der Waals surface area contributed by atoms with Crippen molar-refractivity contribution in [2.24, 2.45) is 0 Å². The van der Waals surface area contributed by atoms with E-state index < -0.39 is 0 Å². The maximum atomic E-state index is 12.6. The minimum Gasteiger partial charge on any atom is -0.508 e. The molecule has 0 unspecified atom stereocenters. The van der Waals surface area contributed by atoms with E-state index in [2.05, 4.69) is 6.58 Å². The van der Waals surface area contributed by atoms with E-state index in [1.165, 1.54) is 18.2 Å². The first kappa shape index (κ1) is 16.0. The van der Waals surface area contributed by atoms with Gasteiger partial charge in [0.15, 0.2) is 5.78 Å². The molecule has 0 spiro atoms. The highest BCUT2D eigenvalue weighted by Crippen LogP contribution is 2.40.